The number of nitrogens with zero attached hydrogens (tertiary/aromatic N) is 2. The highest BCUT2D eigenvalue weighted by atomic mass is 16.5. The first-order valence-electron chi connectivity index (χ1n) is 13.1. The van der Waals surface area contributed by atoms with Crippen LogP contribution in [0.5, 0.6) is 0 Å². The van der Waals surface area contributed by atoms with Gasteiger partial charge in [-0.05, 0) is 6.42 Å². The number of carbonyl (C=O) groups is 7. The van der Waals surface area contributed by atoms with Gasteiger partial charge >= 0.3 is 23.9 Å². The van der Waals surface area contributed by atoms with Crippen LogP contribution in [0.15, 0.2) is 0 Å². The fourth-order valence-corrected chi connectivity index (χ4v) is 3.56. The monoisotopic (exact) mass is 606 g/mol. The van der Waals surface area contributed by atoms with E-state index in [-0.39, 0.29) is 91.3 Å². The molecule has 0 radical (unpaired) electrons. The fourth-order valence-electron chi connectivity index (χ4n) is 3.56. The van der Waals surface area contributed by atoms with E-state index >= 15 is 0 Å². The van der Waals surface area contributed by atoms with Gasteiger partial charge in [0.25, 0.3) is 0 Å². The van der Waals surface area contributed by atoms with E-state index in [0.29, 0.717) is 6.29 Å². The van der Waals surface area contributed by atoms with Gasteiger partial charge in [-0.3, -0.25) is 33.8 Å². The maximum absolute atomic E-state index is 12.2. The van der Waals surface area contributed by atoms with E-state index in [1.807, 2.05) is 0 Å². The molecule has 0 fully saturated rings. The molecule has 8 N–H and O–H groups in total. The minimum Gasteiger partial charge on any atom is -0.480 e. The molecular weight excluding hydrogens is 564 g/mol. The highest BCUT2D eigenvalue weighted by Crippen LogP contribution is 1.99. The molecule has 42 heavy (non-hydrogen) atoms. The van der Waals surface area contributed by atoms with E-state index in [2.05, 4.69) is 21.3 Å². The van der Waals surface area contributed by atoms with Crippen molar-refractivity contribution in [3.8, 4) is 0 Å². The van der Waals surface area contributed by atoms with Crippen molar-refractivity contribution < 1.29 is 58.7 Å². The smallest absolute Gasteiger partial charge is 0.326 e. The van der Waals surface area contributed by atoms with Gasteiger partial charge < -0.3 is 51.2 Å². The van der Waals surface area contributed by atoms with Crippen LogP contribution in [0, 0.1) is 0 Å². The van der Waals surface area contributed by atoms with Crippen LogP contribution in [0.3, 0.4) is 0 Å². The fraction of sp³-hybridized carbons (Fsp3) is 0.708. The summed E-state index contributed by atoms with van der Waals surface area (Å²) in [6.07, 6.45) is 0.266. The zero-order valence-corrected chi connectivity index (χ0v) is 23.6. The summed E-state index contributed by atoms with van der Waals surface area (Å²) in [4.78, 5) is 82.9. The molecule has 0 spiro atoms. The summed E-state index contributed by atoms with van der Waals surface area (Å²) in [5.74, 6) is -5.63. The van der Waals surface area contributed by atoms with Gasteiger partial charge in [0, 0.05) is 65.8 Å². The summed E-state index contributed by atoms with van der Waals surface area (Å²) in [7, 11) is 1.39. The molecule has 0 rings (SSSR count). The summed E-state index contributed by atoms with van der Waals surface area (Å²) in [6, 6.07) is -2.13. The molecule has 2 atom stereocenters. The Hall–Kier alpha value is -3.71. The lowest BCUT2D eigenvalue weighted by atomic mass is 10.1. The number of carbonyl (C=O) groups excluding carboxylic acids is 3. The first-order valence-corrected chi connectivity index (χ1v) is 13.1. The number of ether oxygens (including phenoxy) is 1. The van der Waals surface area contributed by atoms with Crippen molar-refractivity contribution >= 4 is 42.0 Å². The number of aliphatic carboxylic acids is 4. The number of amides is 2. The lowest BCUT2D eigenvalue weighted by molar-refractivity contribution is -0.142. The Labute approximate surface area is 242 Å². The van der Waals surface area contributed by atoms with Crippen molar-refractivity contribution in [2.45, 2.75) is 31.3 Å². The van der Waals surface area contributed by atoms with Gasteiger partial charge in [0.1, 0.15) is 12.3 Å². The van der Waals surface area contributed by atoms with Crippen LogP contribution in [0.1, 0.15) is 19.3 Å². The molecule has 240 valence electrons. The van der Waals surface area contributed by atoms with Gasteiger partial charge in [-0.1, -0.05) is 0 Å². The summed E-state index contributed by atoms with van der Waals surface area (Å²) < 4.78 is 4.81. The Kier molecular flexibility index (Phi) is 20.9. The third-order valence-corrected chi connectivity index (χ3v) is 5.66. The predicted octanol–water partition coefficient (Wildman–Crippen LogP) is -3.91. The maximum atomic E-state index is 12.2. The van der Waals surface area contributed by atoms with E-state index in [4.69, 9.17) is 20.1 Å². The Morgan fingerprint density at radius 1 is 0.738 bits per heavy atom. The first-order chi connectivity index (χ1) is 19.9. The maximum Gasteiger partial charge on any atom is 0.326 e. The van der Waals surface area contributed by atoms with Gasteiger partial charge in [0.05, 0.1) is 32.2 Å². The highest BCUT2D eigenvalue weighted by Gasteiger charge is 2.21. The number of aldehydes is 1. The third kappa shape index (κ3) is 21.1. The second-order valence-electron chi connectivity index (χ2n) is 9.18. The van der Waals surface area contributed by atoms with Crippen molar-refractivity contribution in [3.63, 3.8) is 0 Å². The number of nitrogens with one attached hydrogen (secondary N) is 4. The normalized spacial score (nSPS) is 12.5. The highest BCUT2D eigenvalue weighted by molar-refractivity contribution is 5.84. The SMILES string of the molecule is COCC[C@H](NC(=O)CCC(C=O)NC(=O)CNCCN(CCN(CCNCC(=O)O)CC(=O)O)CC(=O)O)C(=O)O. The van der Waals surface area contributed by atoms with E-state index in [1.165, 1.54) is 16.9 Å². The molecule has 0 aliphatic heterocycles. The average Bonchev–Trinajstić information content (AvgIpc) is 2.90. The van der Waals surface area contributed by atoms with E-state index < -0.39 is 47.8 Å². The first kappa shape index (κ1) is 38.3. The molecule has 2 amide bonds. The lowest BCUT2D eigenvalue weighted by Crippen LogP contribution is -2.46. The second kappa shape index (κ2) is 22.9. The zero-order valence-electron chi connectivity index (χ0n) is 23.6. The number of carboxylic acids is 4. The Morgan fingerprint density at radius 2 is 1.29 bits per heavy atom. The molecule has 0 aliphatic rings. The van der Waals surface area contributed by atoms with Gasteiger partial charge in [-0.15, -0.1) is 0 Å². The molecule has 0 aromatic heterocycles. The van der Waals surface area contributed by atoms with Gasteiger partial charge in [-0.25, -0.2) is 4.79 Å². The predicted molar refractivity (Wildman–Crippen MR) is 145 cm³/mol. The van der Waals surface area contributed by atoms with Gasteiger partial charge in [0.2, 0.25) is 11.8 Å². The number of hydrogen-bond donors (Lipinski definition) is 8. The van der Waals surface area contributed by atoms with Crippen molar-refractivity contribution in [1.29, 1.82) is 0 Å². The minimum absolute atomic E-state index is 0.0528. The van der Waals surface area contributed by atoms with Crippen molar-refractivity contribution in [3.05, 3.63) is 0 Å². The quantitative estimate of drug-likeness (QED) is 0.0328. The van der Waals surface area contributed by atoms with E-state index in [1.54, 1.807) is 0 Å². The van der Waals surface area contributed by atoms with Crippen molar-refractivity contribution in [2.24, 2.45) is 0 Å². The summed E-state index contributed by atoms with van der Waals surface area (Å²) >= 11 is 0. The lowest BCUT2D eigenvalue weighted by Gasteiger charge is -2.26. The number of hydrogen-bond acceptors (Lipinski definition) is 12. The molecule has 0 aromatic rings. The van der Waals surface area contributed by atoms with Gasteiger partial charge in [0.15, 0.2) is 0 Å². The molecule has 0 heterocycles. The van der Waals surface area contributed by atoms with Crippen LogP contribution < -0.4 is 21.3 Å². The standard InChI is InChI=1S/C24H42N6O12/c1-42-11-4-18(24(40)41)28-19(32)3-2-17(16-31)27-20(33)12-25-5-7-29(14-22(36)37)9-10-30(15-23(38)39)8-6-26-13-21(34)35/h16-18,25-26H,2-15H2,1H3,(H,27,33)(H,28,32)(H,34,35)(H,36,37)(H,38,39)(H,40,41)/t17?,18-/m0/s1. The minimum atomic E-state index is -1.23. The average molecular weight is 607 g/mol. The van der Waals surface area contributed by atoms with Gasteiger partial charge in [-0.2, -0.15) is 0 Å². The van der Waals surface area contributed by atoms with Crippen LogP contribution in [-0.4, -0.2) is 163 Å². The largest absolute Gasteiger partial charge is 0.480 e. The van der Waals surface area contributed by atoms with Crippen LogP contribution in [0.4, 0.5) is 0 Å². The van der Waals surface area contributed by atoms with Crippen molar-refractivity contribution in [1.82, 2.24) is 31.1 Å². The Balaban J connectivity index is 4.60. The van der Waals surface area contributed by atoms with Crippen LogP contribution in [0.2, 0.25) is 0 Å². The summed E-state index contributed by atoms with van der Waals surface area (Å²) in [5.41, 5.74) is 0. The molecule has 0 bridgehead atoms. The topological polar surface area (TPSA) is 264 Å². The Morgan fingerprint density at radius 3 is 1.74 bits per heavy atom. The Bertz CT molecular complexity index is 890. The van der Waals surface area contributed by atoms with Crippen LogP contribution in [0.25, 0.3) is 0 Å². The van der Waals surface area contributed by atoms with Crippen LogP contribution in [-0.2, 0) is 38.3 Å². The molecular formula is C24H42N6O12. The van der Waals surface area contributed by atoms with E-state index in [0.717, 1.165) is 0 Å². The molecule has 1 unspecified atom stereocenters. The third-order valence-electron chi connectivity index (χ3n) is 5.66. The summed E-state index contributed by atoms with van der Waals surface area (Å²) in [6.45, 7) is 0.200. The van der Waals surface area contributed by atoms with Crippen molar-refractivity contribution in [2.75, 3.05) is 79.2 Å². The molecule has 0 aromatic carbocycles. The molecule has 0 saturated carbocycles. The molecule has 18 nitrogen and oxygen atoms in total. The molecule has 0 aliphatic carbocycles. The number of carboxylic acid groups (broad SMARTS) is 4. The van der Waals surface area contributed by atoms with Crippen LogP contribution >= 0.6 is 0 Å². The zero-order chi connectivity index (χ0) is 31.9. The number of rotatable bonds is 27. The molecule has 0 saturated heterocycles. The number of methoxy groups -OCH3 is 1. The van der Waals surface area contributed by atoms with E-state index in [9.17, 15) is 38.7 Å². The summed E-state index contributed by atoms with van der Waals surface area (Å²) in [5, 5.41) is 46.4. The molecule has 18 heteroatoms. The second-order valence-corrected chi connectivity index (χ2v) is 9.18.